The van der Waals surface area contributed by atoms with E-state index in [0.717, 1.165) is 0 Å². The van der Waals surface area contributed by atoms with Crippen LogP contribution in [0.25, 0.3) is 0 Å². The lowest BCUT2D eigenvalue weighted by Gasteiger charge is -2.14. The maximum Gasteiger partial charge on any atom is 0.338 e. The fourth-order valence-corrected chi connectivity index (χ4v) is 2.02. The first-order valence-corrected chi connectivity index (χ1v) is 6.49. The van der Waals surface area contributed by atoms with Crippen LogP contribution in [0.4, 0.5) is 0 Å². The van der Waals surface area contributed by atoms with E-state index >= 15 is 0 Å². The molecule has 0 aromatic heterocycles. The summed E-state index contributed by atoms with van der Waals surface area (Å²) in [6, 6.07) is 5.07. The van der Waals surface area contributed by atoms with Gasteiger partial charge in [-0.3, -0.25) is 4.79 Å². The summed E-state index contributed by atoms with van der Waals surface area (Å²) in [5.74, 6) is -0.576. The molecule has 0 aliphatic rings. The summed E-state index contributed by atoms with van der Waals surface area (Å²) in [5.41, 5.74) is 1.35. The van der Waals surface area contributed by atoms with Crippen molar-refractivity contribution in [1.29, 1.82) is 0 Å². The Morgan fingerprint density at radius 3 is 2.56 bits per heavy atom. The number of rotatable bonds is 5. The van der Waals surface area contributed by atoms with Crippen molar-refractivity contribution in [3.63, 3.8) is 0 Å². The molecule has 0 N–H and O–H groups in total. The Labute approximate surface area is 116 Å². The lowest BCUT2D eigenvalue weighted by molar-refractivity contribution is -0.116. The summed E-state index contributed by atoms with van der Waals surface area (Å²) < 4.78 is 4.97. The van der Waals surface area contributed by atoms with Crippen LogP contribution >= 0.6 is 23.2 Å². The molecule has 0 saturated carbocycles. The molecule has 1 unspecified atom stereocenters. The molecule has 3 nitrogen and oxygen atoms in total. The molecule has 18 heavy (non-hydrogen) atoms. The molecule has 1 aromatic carbocycles. The second-order valence-corrected chi connectivity index (χ2v) is 4.41. The molecular formula is C13H14Cl2O3. The minimum absolute atomic E-state index is 0.156. The SMILES string of the molecule is CCOC(=O)c1c(CCl)cccc1C(Cl)C(C)=O. The third kappa shape index (κ3) is 3.24. The van der Waals surface area contributed by atoms with Crippen LogP contribution < -0.4 is 0 Å². The maximum absolute atomic E-state index is 11.9. The second kappa shape index (κ2) is 6.76. The van der Waals surface area contributed by atoms with Crippen molar-refractivity contribution < 1.29 is 14.3 Å². The van der Waals surface area contributed by atoms with Gasteiger partial charge in [0.25, 0.3) is 0 Å². The number of alkyl halides is 2. The van der Waals surface area contributed by atoms with E-state index in [4.69, 9.17) is 27.9 Å². The van der Waals surface area contributed by atoms with Gasteiger partial charge in [0.2, 0.25) is 0 Å². The van der Waals surface area contributed by atoms with E-state index in [1.165, 1.54) is 6.92 Å². The largest absolute Gasteiger partial charge is 0.462 e. The number of carbonyl (C=O) groups excluding carboxylic acids is 2. The number of halogens is 2. The molecule has 1 aromatic rings. The normalized spacial score (nSPS) is 12.0. The summed E-state index contributed by atoms with van der Waals surface area (Å²) >= 11 is 11.8. The van der Waals surface area contributed by atoms with Crippen molar-refractivity contribution in [2.45, 2.75) is 25.1 Å². The van der Waals surface area contributed by atoms with E-state index in [1.54, 1.807) is 25.1 Å². The zero-order valence-corrected chi connectivity index (χ0v) is 11.7. The third-order valence-electron chi connectivity index (χ3n) is 2.44. The zero-order valence-electron chi connectivity index (χ0n) is 10.2. The van der Waals surface area contributed by atoms with Crippen LogP contribution in [-0.4, -0.2) is 18.4 Å². The highest BCUT2D eigenvalue weighted by Gasteiger charge is 2.24. The average molecular weight is 289 g/mol. The predicted octanol–water partition coefficient (Wildman–Crippen LogP) is 3.47. The summed E-state index contributed by atoms with van der Waals surface area (Å²) in [4.78, 5) is 23.3. The van der Waals surface area contributed by atoms with E-state index in [2.05, 4.69) is 0 Å². The monoisotopic (exact) mass is 288 g/mol. The molecule has 98 valence electrons. The van der Waals surface area contributed by atoms with Gasteiger partial charge in [0.15, 0.2) is 5.78 Å². The van der Waals surface area contributed by atoms with Gasteiger partial charge in [0.05, 0.1) is 12.2 Å². The Morgan fingerprint density at radius 1 is 1.39 bits per heavy atom. The van der Waals surface area contributed by atoms with Crippen LogP contribution in [0, 0.1) is 0 Å². The van der Waals surface area contributed by atoms with Gasteiger partial charge in [-0.25, -0.2) is 4.79 Å². The van der Waals surface area contributed by atoms with Crippen molar-refractivity contribution in [2.24, 2.45) is 0 Å². The van der Waals surface area contributed by atoms with Gasteiger partial charge >= 0.3 is 5.97 Å². The van der Waals surface area contributed by atoms with Crippen molar-refractivity contribution in [3.05, 3.63) is 34.9 Å². The number of Topliss-reactive ketones (excluding diaryl/α,β-unsaturated/α-hetero) is 1. The first-order chi connectivity index (χ1) is 8.52. The summed E-state index contributed by atoms with van der Waals surface area (Å²) in [6.07, 6.45) is 0. The molecule has 0 spiro atoms. The van der Waals surface area contributed by atoms with Crippen LogP contribution in [0.15, 0.2) is 18.2 Å². The van der Waals surface area contributed by atoms with Crippen molar-refractivity contribution in [3.8, 4) is 0 Å². The fraction of sp³-hybridized carbons (Fsp3) is 0.385. The standard InChI is InChI=1S/C13H14Cl2O3/c1-3-18-13(17)11-9(7-14)5-4-6-10(11)12(15)8(2)16/h4-6,12H,3,7H2,1-2H3. The van der Waals surface area contributed by atoms with E-state index in [-0.39, 0.29) is 18.3 Å². The molecule has 0 heterocycles. The minimum Gasteiger partial charge on any atom is -0.462 e. The van der Waals surface area contributed by atoms with Gasteiger partial charge in [0.1, 0.15) is 5.38 Å². The quantitative estimate of drug-likeness (QED) is 0.615. The molecule has 0 aliphatic carbocycles. The molecule has 5 heteroatoms. The minimum atomic E-state index is -0.868. The maximum atomic E-state index is 11.9. The number of benzene rings is 1. The van der Waals surface area contributed by atoms with Gasteiger partial charge in [-0.15, -0.1) is 23.2 Å². The number of hydrogen-bond acceptors (Lipinski definition) is 3. The molecule has 0 saturated heterocycles. The summed E-state index contributed by atoms with van der Waals surface area (Å²) in [5, 5.41) is -0.868. The molecule has 0 radical (unpaired) electrons. The van der Waals surface area contributed by atoms with E-state index in [9.17, 15) is 9.59 Å². The molecule has 0 amide bonds. The highest BCUT2D eigenvalue weighted by molar-refractivity contribution is 6.31. The zero-order chi connectivity index (χ0) is 13.7. The Balaban J connectivity index is 3.33. The van der Waals surface area contributed by atoms with E-state index in [0.29, 0.717) is 16.7 Å². The summed E-state index contributed by atoms with van der Waals surface area (Å²) in [7, 11) is 0. The predicted molar refractivity (Wildman–Crippen MR) is 71.2 cm³/mol. The number of ketones is 1. The Kier molecular flexibility index (Phi) is 5.63. The third-order valence-corrected chi connectivity index (χ3v) is 3.27. The number of hydrogen-bond donors (Lipinski definition) is 0. The highest BCUT2D eigenvalue weighted by atomic mass is 35.5. The first kappa shape index (κ1) is 15.0. The lowest BCUT2D eigenvalue weighted by Crippen LogP contribution is -2.14. The van der Waals surface area contributed by atoms with Crippen molar-refractivity contribution >= 4 is 35.0 Å². The molecule has 0 aliphatic heterocycles. The van der Waals surface area contributed by atoms with Crippen LogP contribution in [0.1, 0.15) is 40.7 Å². The van der Waals surface area contributed by atoms with Gasteiger partial charge in [-0.2, -0.15) is 0 Å². The number of esters is 1. The lowest BCUT2D eigenvalue weighted by atomic mass is 9.98. The Hall–Kier alpha value is -1.06. The molecular weight excluding hydrogens is 275 g/mol. The van der Waals surface area contributed by atoms with Gasteiger partial charge in [-0.1, -0.05) is 18.2 Å². The van der Waals surface area contributed by atoms with Gasteiger partial charge in [-0.05, 0) is 25.0 Å². The van der Waals surface area contributed by atoms with Crippen LogP contribution in [0.5, 0.6) is 0 Å². The number of carbonyl (C=O) groups is 2. The Bertz CT molecular complexity index is 458. The fourth-order valence-electron chi connectivity index (χ4n) is 1.61. The number of ether oxygens (including phenoxy) is 1. The molecule has 1 rings (SSSR count). The average Bonchev–Trinajstić information content (AvgIpc) is 2.36. The van der Waals surface area contributed by atoms with Crippen LogP contribution in [-0.2, 0) is 15.4 Å². The highest BCUT2D eigenvalue weighted by Crippen LogP contribution is 2.28. The summed E-state index contributed by atoms with van der Waals surface area (Å²) in [6.45, 7) is 3.34. The Morgan fingerprint density at radius 2 is 2.06 bits per heavy atom. The molecule has 0 bridgehead atoms. The van der Waals surface area contributed by atoms with E-state index < -0.39 is 11.3 Å². The molecule has 1 atom stereocenters. The van der Waals surface area contributed by atoms with Crippen LogP contribution in [0.2, 0.25) is 0 Å². The first-order valence-electron chi connectivity index (χ1n) is 5.52. The second-order valence-electron chi connectivity index (χ2n) is 3.71. The van der Waals surface area contributed by atoms with Crippen molar-refractivity contribution in [1.82, 2.24) is 0 Å². The van der Waals surface area contributed by atoms with E-state index in [1.807, 2.05) is 0 Å². The molecule has 0 fully saturated rings. The smallest absolute Gasteiger partial charge is 0.338 e. The van der Waals surface area contributed by atoms with Crippen LogP contribution in [0.3, 0.4) is 0 Å². The topological polar surface area (TPSA) is 43.4 Å². The van der Waals surface area contributed by atoms with Gasteiger partial charge < -0.3 is 4.74 Å². The van der Waals surface area contributed by atoms with Crippen molar-refractivity contribution in [2.75, 3.05) is 6.61 Å². The van der Waals surface area contributed by atoms with Gasteiger partial charge in [0, 0.05) is 5.88 Å².